The topological polar surface area (TPSA) is 20.2 Å². The molecule has 0 radical (unpaired) electrons. The van der Waals surface area contributed by atoms with Crippen molar-refractivity contribution in [1.29, 1.82) is 0 Å². The maximum absolute atomic E-state index is 13.0. The Bertz CT molecular complexity index is 315. The van der Waals surface area contributed by atoms with E-state index >= 15 is 0 Å². The van der Waals surface area contributed by atoms with Gasteiger partial charge in [-0.1, -0.05) is 0 Å². The van der Waals surface area contributed by atoms with Crippen molar-refractivity contribution in [2.24, 2.45) is 0 Å². The normalized spacial score (nSPS) is 10.4. The van der Waals surface area contributed by atoms with Crippen molar-refractivity contribution < 1.29 is 13.9 Å². The van der Waals surface area contributed by atoms with E-state index in [0.29, 0.717) is 0 Å². The molecular weight excluding hydrogens is 298 g/mol. The molecule has 66 valence electrons. The Morgan fingerprint density at radius 3 is 2.33 bits per heavy atom. The van der Waals surface area contributed by atoms with Gasteiger partial charge < -0.3 is 5.11 Å². The summed E-state index contributed by atoms with van der Waals surface area (Å²) in [6, 6.07) is 1.07. The Labute approximate surface area is 84.7 Å². The molecule has 1 aromatic rings. The Morgan fingerprint density at radius 1 is 1.25 bits per heavy atom. The standard InChI is InChI=1S/C7H4Br2F2O/c8-5-3(2-12)1-4(10)6(9)7(5)11/h1,12H,2H2. The average Bonchev–Trinajstić information content (AvgIpc) is 2.08. The maximum Gasteiger partial charge on any atom is 0.154 e. The van der Waals surface area contributed by atoms with Gasteiger partial charge in [0, 0.05) is 0 Å². The molecule has 5 heteroatoms. The third-order valence-electron chi connectivity index (χ3n) is 1.35. The predicted molar refractivity (Wildman–Crippen MR) is 47.7 cm³/mol. The zero-order valence-electron chi connectivity index (χ0n) is 5.74. The number of halogens is 4. The van der Waals surface area contributed by atoms with Crippen molar-refractivity contribution in [3.05, 3.63) is 32.2 Å². The van der Waals surface area contributed by atoms with Crippen LogP contribution in [0.4, 0.5) is 8.78 Å². The molecule has 0 heterocycles. The first kappa shape index (κ1) is 10.1. The van der Waals surface area contributed by atoms with E-state index in [-0.39, 0.29) is 14.5 Å². The van der Waals surface area contributed by atoms with Crippen molar-refractivity contribution in [3.63, 3.8) is 0 Å². The minimum absolute atomic E-state index is 0.0817. The third kappa shape index (κ3) is 1.67. The summed E-state index contributed by atoms with van der Waals surface area (Å²) >= 11 is 5.63. The highest BCUT2D eigenvalue weighted by molar-refractivity contribution is 9.11. The molecule has 0 saturated heterocycles. The van der Waals surface area contributed by atoms with Crippen LogP contribution in [0.5, 0.6) is 0 Å². The molecule has 12 heavy (non-hydrogen) atoms. The molecule has 0 aliphatic heterocycles. The first-order valence-corrected chi connectivity index (χ1v) is 4.59. The summed E-state index contributed by atoms with van der Waals surface area (Å²) < 4.78 is 25.6. The summed E-state index contributed by atoms with van der Waals surface area (Å²) in [6.45, 7) is -0.401. The Kier molecular flexibility index (Phi) is 3.20. The van der Waals surface area contributed by atoms with E-state index in [2.05, 4.69) is 31.9 Å². The summed E-state index contributed by atoms with van der Waals surface area (Å²) in [6.07, 6.45) is 0. The van der Waals surface area contributed by atoms with Gasteiger partial charge in [-0.25, -0.2) is 8.78 Å². The second-order valence-electron chi connectivity index (χ2n) is 2.12. The van der Waals surface area contributed by atoms with Gasteiger partial charge in [-0.3, -0.25) is 0 Å². The fourth-order valence-electron chi connectivity index (χ4n) is 0.737. The van der Waals surface area contributed by atoms with Crippen LogP contribution >= 0.6 is 31.9 Å². The van der Waals surface area contributed by atoms with Crippen LogP contribution in [0.25, 0.3) is 0 Å². The summed E-state index contributed by atoms with van der Waals surface area (Å²) in [7, 11) is 0. The molecule has 0 aliphatic rings. The predicted octanol–water partition coefficient (Wildman–Crippen LogP) is 2.98. The lowest BCUT2D eigenvalue weighted by Gasteiger charge is -2.04. The lowest BCUT2D eigenvalue weighted by Crippen LogP contribution is -1.93. The molecule has 0 spiro atoms. The quantitative estimate of drug-likeness (QED) is 0.624. The number of benzene rings is 1. The van der Waals surface area contributed by atoms with Gasteiger partial charge in [0.1, 0.15) is 5.82 Å². The van der Waals surface area contributed by atoms with Gasteiger partial charge in [-0.15, -0.1) is 0 Å². The van der Waals surface area contributed by atoms with Crippen molar-refractivity contribution in [1.82, 2.24) is 0 Å². The first-order chi connectivity index (χ1) is 5.57. The van der Waals surface area contributed by atoms with E-state index in [0.717, 1.165) is 6.07 Å². The number of aliphatic hydroxyl groups excluding tert-OH is 1. The van der Waals surface area contributed by atoms with Crippen molar-refractivity contribution in [2.45, 2.75) is 6.61 Å². The minimum atomic E-state index is -0.737. The second kappa shape index (κ2) is 3.81. The molecular formula is C7H4Br2F2O. The van der Waals surface area contributed by atoms with E-state index in [9.17, 15) is 8.78 Å². The van der Waals surface area contributed by atoms with Crippen LogP contribution in [0.3, 0.4) is 0 Å². The molecule has 0 fully saturated rings. The molecule has 0 atom stereocenters. The molecule has 0 aromatic heterocycles. The highest BCUT2D eigenvalue weighted by Crippen LogP contribution is 2.29. The molecule has 1 nitrogen and oxygen atoms in total. The zero-order chi connectivity index (χ0) is 9.30. The van der Waals surface area contributed by atoms with Crippen LogP contribution in [-0.2, 0) is 6.61 Å². The number of rotatable bonds is 1. The van der Waals surface area contributed by atoms with Crippen molar-refractivity contribution >= 4 is 31.9 Å². The molecule has 1 rings (SSSR count). The van der Waals surface area contributed by atoms with Gasteiger partial charge in [0.15, 0.2) is 5.82 Å². The fourth-order valence-corrected chi connectivity index (χ4v) is 1.75. The van der Waals surface area contributed by atoms with Gasteiger partial charge in [0.05, 0.1) is 15.6 Å². The molecule has 0 aliphatic carbocycles. The van der Waals surface area contributed by atoms with Crippen LogP contribution < -0.4 is 0 Å². The molecule has 0 saturated carbocycles. The van der Waals surface area contributed by atoms with E-state index in [1.807, 2.05) is 0 Å². The van der Waals surface area contributed by atoms with Crippen molar-refractivity contribution in [3.8, 4) is 0 Å². The molecule has 0 amide bonds. The number of hydrogen-bond donors (Lipinski definition) is 1. The van der Waals surface area contributed by atoms with E-state index in [1.54, 1.807) is 0 Å². The van der Waals surface area contributed by atoms with Crippen LogP contribution in [0.2, 0.25) is 0 Å². The smallest absolute Gasteiger partial charge is 0.154 e. The second-order valence-corrected chi connectivity index (χ2v) is 3.70. The minimum Gasteiger partial charge on any atom is -0.392 e. The number of aliphatic hydroxyl groups is 1. The van der Waals surface area contributed by atoms with Gasteiger partial charge in [0.2, 0.25) is 0 Å². The lowest BCUT2D eigenvalue weighted by molar-refractivity contribution is 0.279. The van der Waals surface area contributed by atoms with E-state index < -0.39 is 18.2 Å². The summed E-state index contributed by atoms with van der Waals surface area (Å²) in [5.41, 5.74) is 0.188. The molecule has 1 N–H and O–H groups in total. The van der Waals surface area contributed by atoms with Gasteiger partial charge >= 0.3 is 0 Å². The Balaban J connectivity index is 3.39. The van der Waals surface area contributed by atoms with Gasteiger partial charge in [0.25, 0.3) is 0 Å². The van der Waals surface area contributed by atoms with Gasteiger partial charge in [-0.05, 0) is 43.5 Å². The SMILES string of the molecule is OCc1cc(F)c(Br)c(F)c1Br. The van der Waals surface area contributed by atoms with Crippen molar-refractivity contribution in [2.75, 3.05) is 0 Å². The van der Waals surface area contributed by atoms with Crippen LogP contribution in [-0.4, -0.2) is 5.11 Å². The summed E-state index contributed by atoms with van der Waals surface area (Å²) in [4.78, 5) is 0. The first-order valence-electron chi connectivity index (χ1n) is 3.00. The highest BCUT2D eigenvalue weighted by Gasteiger charge is 2.13. The Hall–Kier alpha value is -0.0000000000000000555. The molecule has 0 unspecified atom stereocenters. The van der Waals surface area contributed by atoms with Crippen LogP contribution in [0, 0.1) is 11.6 Å². The third-order valence-corrected chi connectivity index (χ3v) is 2.93. The van der Waals surface area contributed by atoms with Crippen LogP contribution in [0.15, 0.2) is 15.0 Å². The van der Waals surface area contributed by atoms with Crippen LogP contribution in [0.1, 0.15) is 5.56 Å². The number of hydrogen-bond acceptors (Lipinski definition) is 1. The molecule has 0 bridgehead atoms. The maximum atomic E-state index is 13.0. The van der Waals surface area contributed by atoms with E-state index in [1.165, 1.54) is 0 Å². The zero-order valence-corrected chi connectivity index (χ0v) is 8.92. The monoisotopic (exact) mass is 300 g/mol. The average molecular weight is 302 g/mol. The highest BCUT2D eigenvalue weighted by atomic mass is 79.9. The Morgan fingerprint density at radius 2 is 1.83 bits per heavy atom. The lowest BCUT2D eigenvalue weighted by atomic mass is 10.2. The largest absolute Gasteiger partial charge is 0.392 e. The summed E-state index contributed by atoms with van der Waals surface area (Å²) in [5, 5.41) is 8.68. The van der Waals surface area contributed by atoms with E-state index in [4.69, 9.17) is 5.11 Å². The molecule has 1 aromatic carbocycles. The van der Waals surface area contributed by atoms with Gasteiger partial charge in [-0.2, -0.15) is 0 Å². The summed E-state index contributed by atoms with van der Waals surface area (Å²) in [5.74, 6) is -1.46. The fraction of sp³-hybridized carbons (Fsp3) is 0.143.